The van der Waals surface area contributed by atoms with Crippen LogP contribution in [0.1, 0.15) is 31.1 Å². The predicted molar refractivity (Wildman–Crippen MR) is 76.1 cm³/mol. The van der Waals surface area contributed by atoms with Crippen molar-refractivity contribution >= 4 is 23.5 Å². The maximum absolute atomic E-state index is 12.1. The molecule has 0 saturated heterocycles. The van der Waals surface area contributed by atoms with E-state index in [4.69, 9.17) is 5.11 Å². The Kier molecular flexibility index (Phi) is 5.29. The summed E-state index contributed by atoms with van der Waals surface area (Å²) in [7, 11) is 0. The summed E-state index contributed by atoms with van der Waals surface area (Å²) in [4.78, 5) is 34.0. The Labute approximate surface area is 122 Å². The van der Waals surface area contributed by atoms with Gasteiger partial charge >= 0.3 is 5.97 Å². The summed E-state index contributed by atoms with van der Waals surface area (Å²) in [5, 5.41) is 23.4. The zero-order valence-electron chi connectivity index (χ0n) is 12.0. The molecule has 1 aromatic carbocycles. The number of aromatic carboxylic acids is 1. The number of anilines is 1. The van der Waals surface area contributed by atoms with Gasteiger partial charge in [0.2, 0.25) is 11.8 Å². The van der Waals surface area contributed by atoms with Crippen molar-refractivity contribution in [2.75, 3.05) is 5.32 Å². The number of benzene rings is 1. The largest absolute Gasteiger partial charge is 0.507 e. The van der Waals surface area contributed by atoms with Gasteiger partial charge in [-0.1, -0.05) is 13.8 Å². The van der Waals surface area contributed by atoms with Crippen LogP contribution >= 0.6 is 0 Å². The molecule has 0 saturated carbocycles. The van der Waals surface area contributed by atoms with Crippen molar-refractivity contribution in [3.63, 3.8) is 0 Å². The van der Waals surface area contributed by atoms with Gasteiger partial charge in [-0.3, -0.25) is 9.59 Å². The first kappa shape index (κ1) is 16.5. The van der Waals surface area contributed by atoms with Gasteiger partial charge in [0.05, 0.1) is 0 Å². The van der Waals surface area contributed by atoms with Crippen LogP contribution in [-0.2, 0) is 9.59 Å². The Morgan fingerprint density at radius 2 is 1.81 bits per heavy atom. The average Bonchev–Trinajstić information content (AvgIpc) is 2.34. The van der Waals surface area contributed by atoms with Crippen molar-refractivity contribution in [1.82, 2.24) is 5.32 Å². The van der Waals surface area contributed by atoms with Gasteiger partial charge in [0.25, 0.3) is 0 Å². The third kappa shape index (κ3) is 4.48. The quantitative estimate of drug-likeness (QED) is 0.651. The van der Waals surface area contributed by atoms with Crippen LogP contribution in [-0.4, -0.2) is 34.0 Å². The summed E-state index contributed by atoms with van der Waals surface area (Å²) in [6.45, 7) is 4.88. The monoisotopic (exact) mass is 294 g/mol. The van der Waals surface area contributed by atoms with E-state index in [1.165, 1.54) is 19.1 Å². The summed E-state index contributed by atoms with van der Waals surface area (Å²) in [5.41, 5.74) is -0.00577. The van der Waals surface area contributed by atoms with E-state index in [1.807, 2.05) is 0 Å². The van der Waals surface area contributed by atoms with E-state index >= 15 is 0 Å². The summed E-state index contributed by atoms with van der Waals surface area (Å²) in [5.74, 6) is -2.60. The van der Waals surface area contributed by atoms with Gasteiger partial charge in [-0.25, -0.2) is 4.79 Å². The summed E-state index contributed by atoms with van der Waals surface area (Å²) < 4.78 is 0. The lowest BCUT2D eigenvalue weighted by molar-refractivity contribution is -0.126. The van der Waals surface area contributed by atoms with Gasteiger partial charge in [0, 0.05) is 18.7 Å². The zero-order valence-corrected chi connectivity index (χ0v) is 12.0. The molecular formula is C14H18N2O5. The van der Waals surface area contributed by atoms with E-state index < -0.39 is 23.7 Å². The maximum atomic E-state index is 12.1. The lowest BCUT2D eigenvalue weighted by Crippen LogP contribution is -2.46. The molecule has 21 heavy (non-hydrogen) atoms. The molecule has 0 heterocycles. The molecule has 1 atom stereocenters. The van der Waals surface area contributed by atoms with Crippen LogP contribution in [0.25, 0.3) is 0 Å². The van der Waals surface area contributed by atoms with Crippen LogP contribution in [0.15, 0.2) is 18.2 Å². The van der Waals surface area contributed by atoms with Crippen molar-refractivity contribution in [3.05, 3.63) is 23.8 Å². The van der Waals surface area contributed by atoms with Gasteiger partial charge < -0.3 is 20.8 Å². The molecular weight excluding hydrogens is 276 g/mol. The number of carboxylic acids is 1. The number of rotatable bonds is 5. The van der Waals surface area contributed by atoms with Crippen molar-refractivity contribution in [2.24, 2.45) is 5.92 Å². The number of hydrogen-bond acceptors (Lipinski definition) is 4. The van der Waals surface area contributed by atoms with Crippen molar-refractivity contribution in [3.8, 4) is 5.75 Å². The number of amides is 2. The van der Waals surface area contributed by atoms with Crippen LogP contribution in [0, 0.1) is 5.92 Å². The third-order valence-electron chi connectivity index (χ3n) is 2.80. The normalized spacial score (nSPS) is 11.8. The highest BCUT2D eigenvalue weighted by molar-refractivity contribution is 5.98. The molecule has 0 aromatic heterocycles. The SMILES string of the molecule is CC(=O)NC(C(=O)Nc1ccc(C(=O)O)c(O)c1)C(C)C. The van der Waals surface area contributed by atoms with E-state index in [1.54, 1.807) is 13.8 Å². The third-order valence-corrected chi connectivity index (χ3v) is 2.80. The van der Waals surface area contributed by atoms with E-state index in [-0.39, 0.29) is 23.1 Å². The Morgan fingerprint density at radius 3 is 2.24 bits per heavy atom. The summed E-state index contributed by atoms with van der Waals surface area (Å²) in [6, 6.07) is 2.98. The second kappa shape index (κ2) is 6.74. The van der Waals surface area contributed by atoms with E-state index in [9.17, 15) is 19.5 Å². The van der Waals surface area contributed by atoms with Crippen molar-refractivity contribution < 1.29 is 24.6 Å². The molecule has 0 radical (unpaired) electrons. The van der Waals surface area contributed by atoms with Crippen LogP contribution in [0.2, 0.25) is 0 Å². The molecule has 7 nitrogen and oxygen atoms in total. The first-order chi connectivity index (χ1) is 9.72. The fraction of sp³-hybridized carbons (Fsp3) is 0.357. The highest BCUT2D eigenvalue weighted by Gasteiger charge is 2.23. The van der Waals surface area contributed by atoms with Crippen LogP contribution in [0.4, 0.5) is 5.69 Å². The lowest BCUT2D eigenvalue weighted by Gasteiger charge is -2.21. The van der Waals surface area contributed by atoms with E-state index in [2.05, 4.69) is 10.6 Å². The van der Waals surface area contributed by atoms with Gasteiger partial charge in [-0.05, 0) is 18.1 Å². The molecule has 0 fully saturated rings. The van der Waals surface area contributed by atoms with Crippen LogP contribution < -0.4 is 10.6 Å². The van der Waals surface area contributed by atoms with Gasteiger partial charge in [0.15, 0.2) is 0 Å². The molecule has 114 valence electrons. The molecule has 0 spiro atoms. The number of carbonyl (C=O) groups excluding carboxylic acids is 2. The Balaban J connectivity index is 2.89. The molecule has 1 unspecified atom stereocenters. The van der Waals surface area contributed by atoms with Gasteiger partial charge in [0.1, 0.15) is 17.4 Å². The number of phenols is 1. The van der Waals surface area contributed by atoms with Crippen LogP contribution in [0.5, 0.6) is 5.75 Å². The van der Waals surface area contributed by atoms with Gasteiger partial charge in [-0.15, -0.1) is 0 Å². The second-order valence-electron chi connectivity index (χ2n) is 4.95. The van der Waals surface area contributed by atoms with Crippen LogP contribution in [0.3, 0.4) is 0 Å². The lowest BCUT2D eigenvalue weighted by atomic mass is 10.0. The number of carbonyl (C=O) groups is 3. The standard InChI is InChI=1S/C14H18N2O5/c1-7(2)12(15-8(3)17)13(19)16-9-4-5-10(14(20)21)11(18)6-9/h4-7,12,18H,1-3H3,(H,15,17)(H,16,19)(H,20,21). The molecule has 1 aromatic rings. The first-order valence-electron chi connectivity index (χ1n) is 6.36. The summed E-state index contributed by atoms with van der Waals surface area (Å²) in [6.07, 6.45) is 0. The Morgan fingerprint density at radius 1 is 1.19 bits per heavy atom. The van der Waals surface area contributed by atoms with Crippen molar-refractivity contribution in [2.45, 2.75) is 26.8 Å². The second-order valence-corrected chi connectivity index (χ2v) is 4.95. The zero-order chi connectivity index (χ0) is 16.2. The molecule has 0 aliphatic rings. The number of carboxylic acid groups (broad SMARTS) is 1. The minimum Gasteiger partial charge on any atom is -0.507 e. The van der Waals surface area contributed by atoms with E-state index in [0.29, 0.717) is 0 Å². The van der Waals surface area contributed by atoms with Crippen molar-refractivity contribution in [1.29, 1.82) is 0 Å². The predicted octanol–water partition coefficient (Wildman–Crippen LogP) is 1.19. The van der Waals surface area contributed by atoms with E-state index in [0.717, 1.165) is 6.07 Å². The highest BCUT2D eigenvalue weighted by atomic mass is 16.4. The molecule has 0 bridgehead atoms. The minimum absolute atomic E-state index is 0.124. The minimum atomic E-state index is -1.26. The molecule has 7 heteroatoms. The molecule has 1 rings (SSSR count). The fourth-order valence-electron chi connectivity index (χ4n) is 1.76. The number of aromatic hydroxyl groups is 1. The number of nitrogens with one attached hydrogen (secondary N) is 2. The average molecular weight is 294 g/mol. The maximum Gasteiger partial charge on any atom is 0.339 e. The molecule has 0 aliphatic heterocycles. The van der Waals surface area contributed by atoms with Gasteiger partial charge in [-0.2, -0.15) is 0 Å². The Bertz CT molecular complexity index is 568. The molecule has 4 N–H and O–H groups in total. The topological polar surface area (TPSA) is 116 Å². The molecule has 0 aliphatic carbocycles. The number of hydrogen-bond donors (Lipinski definition) is 4. The smallest absolute Gasteiger partial charge is 0.339 e. The highest BCUT2D eigenvalue weighted by Crippen LogP contribution is 2.22. The fourth-order valence-corrected chi connectivity index (χ4v) is 1.76. The Hall–Kier alpha value is -2.57. The molecule has 2 amide bonds. The summed E-state index contributed by atoms with van der Waals surface area (Å²) >= 11 is 0. The first-order valence-corrected chi connectivity index (χ1v) is 6.36.